The average molecular weight is 239 g/mol. The highest BCUT2D eigenvalue weighted by Crippen LogP contribution is 2.16. The molecule has 86 valence electrons. The molecule has 1 aromatic carbocycles. The molecule has 0 saturated carbocycles. The molecule has 0 amide bonds. The molecular weight excluding hydrogens is 226 g/mol. The number of hydrogen-bond donors (Lipinski definition) is 1. The number of aromatic nitrogens is 2. The van der Waals surface area contributed by atoms with Gasteiger partial charge in [0.15, 0.2) is 0 Å². The van der Waals surface area contributed by atoms with Gasteiger partial charge in [-0.25, -0.2) is 8.42 Å². The molecule has 0 atom stereocenters. The Morgan fingerprint density at radius 1 is 1.44 bits per heavy atom. The Bertz CT molecular complexity index is 616. The number of sulfone groups is 1. The van der Waals surface area contributed by atoms with Crippen LogP contribution in [0.4, 0.5) is 5.69 Å². The molecule has 0 radical (unpaired) electrons. The number of anilines is 1. The molecule has 0 spiro atoms. The number of aryl methyl sites for hydroxylation is 1. The highest BCUT2D eigenvalue weighted by Gasteiger charge is 2.06. The van der Waals surface area contributed by atoms with Gasteiger partial charge in [0, 0.05) is 17.3 Å². The highest BCUT2D eigenvalue weighted by atomic mass is 32.2. The van der Waals surface area contributed by atoms with Gasteiger partial charge in [-0.1, -0.05) is 0 Å². The van der Waals surface area contributed by atoms with Gasteiger partial charge in [-0.15, -0.1) is 0 Å². The van der Waals surface area contributed by atoms with Crippen LogP contribution >= 0.6 is 0 Å². The summed E-state index contributed by atoms with van der Waals surface area (Å²) in [5.74, 6) is 0.0819. The van der Waals surface area contributed by atoms with Crippen molar-refractivity contribution in [2.75, 3.05) is 17.7 Å². The second-order valence-electron chi connectivity index (χ2n) is 3.82. The van der Waals surface area contributed by atoms with Gasteiger partial charge in [0.25, 0.3) is 0 Å². The number of nitrogens with zero attached hydrogens (tertiary/aromatic N) is 2. The first-order chi connectivity index (χ1) is 7.46. The number of benzene rings is 1. The first kappa shape index (κ1) is 10.9. The number of nitrogens with two attached hydrogens (primary N) is 1. The van der Waals surface area contributed by atoms with Crippen LogP contribution in [-0.4, -0.2) is 30.2 Å². The molecule has 2 aromatic rings. The van der Waals surface area contributed by atoms with Crippen LogP contribution in [0.5, 0.6) is 0 Å². The summed E-state index contributed by atoms with van der Waals surface area (Å²) >= 11 is 0. The van der Waals surface area contributed by atoms with Crippen molar-refractivity contribution in [3.8, 4) is 0 Å². The SMILES string of the molecule is CS(=O)(=O)CCn1ncc2ccc(N)cc21. The van der Waals surface area contributed by atoms with Crippen molar-refractivity contribution < 1.29 is 8.42 Å². The topological polar surface area (TPSA) is 78.0 Å². The molecule has 0 unspecified atom stereocenters. The summed E-state index contributed by atoms with van der Waals surface area (Å²) in [4.78, 5) is 0. The van der Waals surface area contributed by atoms with Crippen LogP contribution in [0.3, 0.4) is 0 Å². The van der Waals surface area contributed by atoms with Crippen LogP contribution in [-0.2, 0) is 16.4 Å². The van der Waals surface area contributed by atoms with E-state index in [1.54, 1.807) is 23.0 Å². The maximum atomic E-state index is 11.1. The molecular formula is C10H13N3O2S. The van der Waals surface area contributed by atoms with Crippen molar-refractivity contribution in [2.45, 2.75) is 6.54 Å². The van der Waals surface area contributed by atoms with Crippen molar-refractivity contribution in [2.24, 2.45) is 0 Å². The van der Waals surface area contributed by atoms with Gasteiger partial charge in [0.2, 0.25) is 0 Å². The quantitative estimate of drug-likeness (QED) is 0.798. The van der Waals surface area contributed by atoms with Gasteiger partial charge in [0.05, 0.1) is 24.0 Å². The van der Waals surface area contributed by atoms with Crippen LogP contribution in [0.15, 0.2) is 24.4 Å². The number of rotatable bonds is 3. The molecule has 1 aromatic heterocycles. The first-order valence-electron chi connectivity index (χ1n) is 4.84. The molecule has 0 saturated heterocycles. The second-order valence-corrected chi connectivity index (χ2v) is 6.08. The zero-order valence-corrected chi connectivity index (χ0v) is 9.74. The average Bonchev–Trinajstić information content (AvgIpc) is 2.56. The first-order valence-corrected chi connectivity index (χ1v) is 6.90. The lowest BCUT2D eigenvalue weighted by Crippen LogP contribution is -2.12. The van der Waals surface area contributed by atoms with E-state index >= 15 is 0 Å². The van der Waals surface area contributed by atoms with Gasteiger partial charge in [-0.05, 0) is 18.2 Å². The van der Waals surface area contributed by atoms with Crippen molar-refractivity contribution >= 4 is 26.4 Å². The Hall–Kier alpha value is -1.56. The number of nitrogen functional groups attached to an aromatic ring is 1. The Morgan fingerprint density at radius 3 is 2.88 bits per heavy atom. The Labute approximate surface area is 93.8 Å². The lowest BCUT2D eigenvalue weighted by Gasteiger charge is -2.02. The van der Waals surface area contributed by atoms with Gasteiger partial charge in [-0.3, -0.25) is 4.68 Å². The third-order valence-electron chi connectivity index (χ3n) is 2.34. The van der Waals surface area contributed by atoms with E-state index in [-0.39, 0.29) is 5.75 Å². The minimum Gasteiger partial charge on any atom is -0.399 e. The van der Waals surface area contributed by atoms with Gasteiger partial charge >= 0.3 is 0 Å². The maximum Gasteiger partial charge on any atom is 0.149 e. The van der Waals surface area contributed by atoms with Crippen LogP contribution in [0.25, 0.3) is 10.9 Å². The number of fused-ring (bicyclic) bond motifs is 1. The van der Waals surface area contributed by atoms with Crippen molar-refractivity contribution in [1.29, 1.82) is 0 Å². The lowest BCUT2D eigenvalue weighted by molar-refractivity contribution is 0.589. The van der Waals surface area contributed by atoms with Crippen LogP contribution in [0.1, 0.15) is 0 Å². The van der Waals surface area contributed by atoms with Crippen LogP contribution < -0.4 is 5.73 Å². The van der Waals surface area contributed by atoms with E-state index in [4.69, 9.17) is 5.73 Å². The summed E-state index contributed by atoms with van der Waals surface area (Å²) in [7, 11) is -2.97. The minimum absolute atomic E-state index is 0.0819. The van der Waals surface area contributed by atoms with E-state index < -0.39 is 9.84 Å². The molecule has 16 heavy (non-hydrogen) atoms. The fourth-order valence-electron chi connectivity index (χ4n) is 1.52. The Balaban J connectivity index is 2.34. The fraction of sp³-hybridized carbons (Fsp3) is 0.300. The van der Waals surface area contributed by atoms with Crippen molar-refractivity contribution in [3.63, 3.8) is 0 Å². The lowest BCUT2D eigenvalue weighted by atomic mass is 10.2. The third-order valence-corrected chi connectivity index (χ3v) is 3.27. The van der Waals surface area contributed by atoms with E-state index in [2.05, 4.69) is 5.10 Å². The predicted molar refractivity (Wildman–Crippen MR) is 63.9 cm³/mol. The van der Waals surface area contributed by atoms with Gasteiger partial charge in [-0.2, -0.15) is 5.10 Å². The largest absolute Gasteiger partial charge is 0.399 e. The Morgan fingerprint density at radius 2 is 2.19 bits per heavy atom. The van der Waals surface area contributed by atoms with Crippen LogP contribution in [0, 0.1) is 0 Å². The molecule has 0 aliphatic heterocycles. The molecule has 5 nitrogen and oxygen atoms in total. The van der Waals surface area contributed by atoms with Gasteiger partial charge < -0.3 is 5.73 Å². The molecule has 0 bridgehead atoms. The van der Waals surface area contributed by atoms with E-state index in [1.807, 2.05) is 6.07 Å². The van der Waals surface area contributed by atoms with Crippen molar-refractivity contribution in [3.05, 3.63) is 24.4 Å². The Kier molecular flexibility index (Phi) is 2.59. The normalized spacial score (nSPS) is 12.1. The predicted octanol–water partition coefficient (Wildman–Crippen LogP) is 0.663. The molecule has 2 N–H and O–H groups in total. The van der Waals surface area contributed by atoms with E-state index in [0.29, 0.717) is 12.2 Å². The summed E-state index contributed by atoms with van der Waals surface area (Å²) in [5, 5.41) is 5.10. The number of hydrogen-bond acceptors (Lipinski definition) is 4. The second kappa shape index (κ2) is 3.79. The maximum absolute atomic E-state index is 11.1. The highest BCUT2D eigenvalue weighted by molar-refractivity contribution is 7.90. The van der Waals surface area contributed by atoms with E-state index in [1.165, 1.54) is 6.26 Å². The molecule has 0 aliphatic rings. The molecule has 2 rings (SSSR count). The summed E-state index contributed by atoms with van der Waals surface area (Å²) in [5.41, 5.74) is 7.19. The summed E-state index contributed by atoms with van der Waals surface area (Å²) in [6, 6.07) is 5.46. The molecule has 1 heterocycles. The summed E-state index contributed by atoms with van der Waals surface area (Å²) in [6.45, 7) is 0.353. The smallest absolute Gasteiger partial charge is 0.149 e. The molecule has 0 aliphatic carbocycles. The molecule has 0 fully saturated rings. The third kappa shape index (κ3) is 2.33. The van der Waals surface area contributed by atoms with E-state index in [9.17, 15) is 8.42 Å². The summed E-state index contributed by atoms with van der Waals surface area (Å²) in [6.07, 6.45) is 2.92. The van der Waals surface area contributed by atoms with Crippen LogP contribution in [0.2, 0.25) is 0 Å². The fourth-order valence-corrected chi connectivity index (χ4v) is 2.02. The van der Waals surface area contributed by atoms with Gasteiger partial charge in [0.1, 0.15) is 9.84 Å². The zero-order valence-electron chi connectivity index (χ0n) is 8.92. The standard InChI is InChI=1S/C10H13N3O2S/c1-16(14,15)5-4-13-10-6-9(11)3-2-8(10)7-12-13/h2-3,6-7H,4-5,11H2,1H3. The van der Waals surface area contributed by atoms with E-state index in [0.717, 1.165) is 10.9 Å². The molecule has 6 heteroatoms. The van der Waals surface area contributed by atoms with Crippen molar-refractivity contribution in [1.82, 2.24) is 9.78 Å². The monoisotopic (exact) mass is 239 g/mol. The summed E-state index contributed by atoms with van der Waals surface area (Å²) < 4.78 is 23.8. The zero-order chi connectivity index (χ0) is 11.8. The minimum atomic E-state index is -2.97.